The number of rotatable bonds is 2. The van der Waals surface area contributed by atoms with Crippen molar-refractivity contribution >= 4 is 27.5 Å². The minimum Gasteiger partial charge on any atom is -0.334 e. The normalized spacial score (nSPS) is 40.4. The molecule has 2 rings (SSSR count). The summed E-state index contributed by atoms with van der Waals surface area (Å²) >= 11 is 0. The van der Waals surface area contributed by atoms with Crippen LogP contribution in [0.1, 0.15) is 55.4 Å². The van der Waals surface area contributed by atoms with E-state index in [2.05, 4.69) is 63.6 Å². The van der Waals surface area contributed by atoms with Gasteiger partial charge in [-0.15, -0.1) is 0 Å². The molecule has 2 saturated heterocycles. The summed E-state index contributed by atoms with van der Waals surface area (Å²) < 4.78 is 0.189. The molecular weight excluding hydrogens is 350 g/mol. The first kappa shape index (κ1) is 21.4. The summed E-state index contributed by atoms with van der Waals surface area (Å²) in [6.07, 6.45) is 0. The second-order valence-corrected chi connectivity index (χ2v) is 11.6. The zero-order chi connectivity index (χ0) is 18.9. The van der Waals surface area contributed by atoms with Gasteiger partial charge in [0, 0.05) is 54.2 Å². The van der Waals surface area contributed by atoms with Gasteiger partial charge in [-0.2, -0.15) is 0 Å². The molecule has 4 nitrogen and oxygen atoms in total. The van der Waals surface area contributed by atoms with Gasteiger partial charge in [0.15, 0.2) is 0 Å². The lowest BCUT2D eigenvalue weighted by molar-refractivity contribution is -0.142. The van der Waals surface area contributed by atoms with Crippen molar-refractivity contribution in [2.45, 2.75) is 90.3 Å². The third kappa shape index (κ3) is 4.69. The van der Waals surface area contributed by atoms with E-state index in [1.807, 2.05) is 21.6 Å². The second kappa shape index (κ2) is 8.41. The molecule has 25 heavy (non-hydrogen) atoms. The van der Waals surface area contributed by atoms with Gasteiger partial charge in [0.05, 0.1) is 0 Å². The van der Waals surface area contributed by atoms with Crippen molar-refractivity contribution in [3.05, 3.63) is 0 Å². The van der Waals surface area contributed by atoms with E-state index in [0.29, 0.717) is 24.0 Å². The molecule has 0 aliphatic carbocycles. The maximum atomic E-state index is 12.1. The highest BCUT2D eigenvalue weighted by Crippen LogP contribution is 2.41. The molecule has 2 heterocycles. The third-order valence-corrected chi connectivity index (χ3v) is 9.84. The number of amides is 1. The molecule has 6 atom stereocenters. The molecule has 6 heteroatoms. The van der Waals surface area contributed by atoms with Gasteiger partial charge in [-0.25, -0.2) is 0 Å². The fourth-order valence-electron chi connectivity index (χ4n) is 4.17. The smallest absolute Gasteiger partial charge is 0.220 e. The molecule has 0 radical (unpaired) electrons. The quantitative estimate of drug-likeness (QED) is 0.734. The Morgan fingerprint density at radius 3 is 2.16 bits per heavy atom. The van der Waals surface area contributed by atoms with Gasteiger partial charge in [0.2, 0.25) is 5.91 Å². The summed E-state index contributed by atoms with van der Waals surface area (Å²) in [4.78, 5) is 16.8. The summed E-state index contributed by atoms with van der Waals surface area (Å²) in [5, 5.41) is 3.86. The lowest BCUT2D eigenvalue weighted by Crippen LogP contribution is -2.68. The summed E-state index contributed by atoms with van der Waals surface area (Å²) in [6, 6.07) is 1.69. The molecule has 0 bridgehead atoms. The van der Waals surface area contributed by atoms with Gasteiger partial charge in [0.1, 0.15) is 0 Å². The van der Waals surface area contributed by atoms with Crippen LogP contribution in [0, 0.1) is 5.92 Å². The predicted molar refractivity (Wildman–Crippen MR) is 112 cm³/mol. The highest BCUT2D eigenvalue weighted by atomic mass is 33.1. The van der Waals surface area contributed by atoms with E-state index in [4.69, 9.17) is 0 Å². The Kier molecular flexibility index (Phi) is 7.19. The predicted octanol–water partition coefficient (Wildman–Crippen LogP) is 3.47. The SMILES string of the molecule is CC(=O)N1C(C)C(C)N(C[C@H]2NCC(C)CSSC2(C)C)C(C)C1C. The third-order valence-electron chi connectivity index (χ3n) is 6.26. The highest BCUT2D eigenvalue weighted by molar-refractivity contribution is 8.77. The fraction of sp³-hybridized carbons (Fsp3) is 0.947. The Labute approximate surface area is 162 Å². The van der Waals surface area contributed by atoms with Crippen molar-refractivity contribution in [1.82, 2.24) is 15.1 Å². The summed E-state index contributed by atoms with van der Waals surface area (Å²) in [5.41, 5.74) is 0. The van der Waals surface area contributed by atoms with Crippen molar-refractivity contribution in [2.75, 3.05) is 18.8 Å². The van der Waals surface area contributed by atoms with E-state index in [9.17, 15) is 4.79 Å². The van der Waals surface area contributed by atoms with Crippen molar-refractivity contribution in [3.8, 4) is 0 Å². The standard InChI is InChI=1S/C19H37N3OS2/c1-12-9-20-18(19(7,8)25-24-11-12)10-21-13(2)15(4)22(17(6)23)16(5)14(21)3/h12-16,18,20H,9-11H2,1-8H3/t12?,13?,14?,15?,16?,18-/m1/s1. The number of hydrogen-bond donors (Lipinski definition) is 1. The van der Waals surface area contributed by atoms with E-state index in [1.54, 1.807) is 6.92 Å². The first-order valence-electron chi connectivity index (χ1n) is 9.65. The van der Waals surface area contributed by atoms with Crippen molar-refractivity contribution < 1.29 is 4.79 Å². The van der Waals surface area contributed by atoms with Gasteiger partial charge in [-0.3, -0.25) is 9.69 Å². The monoisotopic (exact) mass is 387 g/mol. The van der Waals surface area contributed by atoms with E-state index >= 15 is 0 Å². The van der Waals surface area contributed by atoms with E-state index in [-0.39, 0.29) is 22.7 Å². The maximum absolute atomic E-state index is 12.1. The Bertz CT molecular complexity index is 458. The molecule has 0 aromatic carbocycles. The van der Waals surface area contributed by atoms with Crippen LogP contribution in [0.5, 0.6) is 0 Å². The zero-order valence-corrected chi connectivity index (χ0v) is 18.8. The Hall–Kier alpha value is 0.0900. The minimum atomic E-state index is 0.189. The first-order valence-corrected chi connectivity index (χ1v) is 12.0. The average molecular weight is 388 g/mol. The van der Waals surface area contributed by atoms with Gasteiger partial charge >= 0.3 is 0 Å². The van der Waals surface area contributed by atoms with E-state index in [0.717, 1.165) is 13.1 Å². The van der Waals surface area contributed by atoms with Crippen LogP contribution in [0.25, 0.3) is 0 Å². The first-order chi connectivity index (χ1) is 11.6. The Morgan fingerprint density at radius 2 is 1.64 bits per heavy atom. The van der Waals surface area contributed by atoms with Crippen LogP contribution in [0.4, 0.5) is 0 Å². The molecule has 0 aromatic rings. The number of nitrogens with zero attached hydrogens (tertiary/aromatic N) is 2. The summed E-state index contributed by atoms with van der Waals surface area (Å²) in [7, 11) is 4.05. The molecular formula is C19H37N3OS2. The lowest BCUT2D eigenvalue weighted by Gasteiger charge is -2.54. The number of carbonyl (C=O) groups is 1. The lowest BCUT2D eigenvalue weighted by atomic mass is 9.92. The summed E-state index contributed by atoms with van der Waals surface area (Å²) in [5.74, 6) is 2.12. The Balaban J connectivity index is 2.17. The van der Waals surface area contributed by atoms with Crippen LogP contribution < -0.4 is 5.32 Å². The van der Waals surface area contributed by atoms with Crippen molar-refractivity contribution in [3.63, 3.8) is 0 Å². The van der Waals surface area contributed by atoms with Gasteiger partial charge < -0.3 is 10.2 Å². The molecule has 0 saturated carbocycles. The van der Waals surface area contributed by atoms with Crippen LogP contribution in [-0.2, 0) is 4.79 Å². The largest absolute Gasteiger partial charge is 0.334 e. The molecule has 146 valence electrons. The average Bonchev–Trinajstić information content (AvgIpc) is 2.50. The molecule has 2 aliphatic rings. The van der Waals surface area contributed by atoms with Gasteiger partial charge in [0.25, 0.3) is 0 Å². The topological polar surface area (TPSA) is 35.6 Å². The van der Waals surface area contributed by atoms with Crippen LogP contribution in [-0.4, -0.2) is 69.5 Å². The van der Waals surface area contributed by atoms with E-state index < -0.39 is 0 Å². The maximum Gasteiger partial charge on any atom is 0.220 e. The van der Waals surface area contributed by atoms with Crippen molar-refractivity contribution in [1.29, 1.82) is 0 Å². The number of nitrogens with one attached hydrogen (secondary N) is 1. The number of carbonyl (C=O) groups excluding carboxylic acids is 1. The second-order valence-electron chi connectivity index (χ2n) is 8.62. The van der Waals surface area contributed by atoms with Gasteiger partial charge in [-0.05, 0) is 54.0 Å². The minimum absolute atomic E-state index is 0.189. The fourth-order valence-corrected chi connectivity index (χ4v) is 7.33. The number of hydrogen-bond acceptors (Lipinski definition) is 5. The Morgan fingerprint density at radius 1 is 1.08 bits per heavy atom. The molecule has 1 amide bonds. The molecule has 2 fully saturated rings. The van der Waals surface area contributed by atoms with Gasteiger partial charge in [-0.1, -0.05) is 28.5 Å². The van der Waals surface area contributed by atoms with Crippen molar-refractivity contribution in [2.24, 2.45) is 5.92 Å². The molecule has 0 spiro atoms. The van der Waals surface area contributed by atoms with Crippen LogP contribution in [0.3, 0.4) is 0 Å². The number of piperazine rings is 1. The van der Waals surface area contributed by atoms with E-state index in [1.165, 1.54) is 5.75 Å². The van der Waals surface area contributed by atoms with Crippen LogP contribution in [0.15, 0.2) is 0 Å². The molecule has 0 aromatic heterocycles. The molecule has 5 unspecified atom stereocenters. The highest BCUT2D eigenvalue weighted by Gasteiger charge is 2.43. The zero-order valence-electron chi connectivity index (χ0n) is 17.2. The van der Waals surface area contributed by atoms with Crippen LogP contribution >= 0.6 is 21.6 Å². The van der Waals surface area contributed by atoms with Crippen LogP contribution in [0.2, 0.25) is 0 Å². The molecule has 1 N–H and O–H groups in total. The molecule has 2 aliphatic heterocycles. The summed E-state index contributed by atoms with van der Waals surface area (Å²) in [6.45, 7) is 19.9.